The van der Waals surface area contributed by atoms with Gasteiger partial charge in [0.15, 0.2) is 0 Å². The molecule has 3 rings (SSSR count). The first kappa shape index (κ1) is 13.8. The lowest BCUT2D eigenvalue weighted by atomic mass is 9.80. The molecule has 1 aliphatic heterocycles. The van der Waals surface area contributed by atoms with Crippen LogP contribution >= 0.6 is 0 Å². The van der Waals surface area contributed by atoms with E-state index in [-0.39, 0.29) is 6.10 Å². The molecule has 3 atom stereocenters. The number of nitrogen functional groups attached to an aromatic ring is 1. The molecule has 3 N–H and O–H groups in total. The maximum Gasteiger partial charge on any atom is 0.123 e. The van der Waals surface area contributed by atoms with Gasteiger partial charge < -0.3 is 10.8 Å². The molecule has 0 radical (unpaired) electrons. The predicted octanol–water partition coefficient (Wildman–Crippen LogP) is 2.18. The summed E-state index contributed by atoms with van der Waals surface area (Å²) in [7, 11) is 0. The van der Waals surface area contributed by atoms with Crippen molar-refractivity contribution in [3.63, 3.8) is 0 Å². The smallest absolute Gasteiger partial charge is 0.123 e. The van der Waals surface area contributed by atoms with Crippen molar-refractivity contribution in [2.24, 2.45) is 5.92 Å². The van der Waals surface area contributed by atoms with Crippen LogP contribution in [0.3, 0.4) is 0 Å². The highest BCUT2D eigenvalue weighted by Crippen LogP contribution is 2.35. The van der Waals surface area contributed by atoms with E-state index in [1.807, 2.05) is 12.1 Å². The van der Waals surface area contributed by atoms with Crippen molar-refractivity contribution in [2.75, 3.05) is 12.3 Å². The van der Waals surface area contributed by atoms with Gasteiger partial charge in [0.25, 0.3) is 0 Å². The lowest BCUT2D eigenvalue weighted by Crippen LogP contribution is -2.42. The lowest BCUT2D eigenvalue weighted by molar-refractivity contribution is 0.0201. The van der Waals surface area contributed by atoms with E-state index < -0.39 is 0 Å². The van der Waals surface area contributed by atoms with Crippen LogP contribution in [0.1, 0.15) is 44.1 Å². The van der Waals surface area contributed by atoms with Crippen molar-refractivity contribution < 1.29 is 5.11 Å². The monoisotopic (exact) mass is 275 g/mol. The number of likely N-dealkylation sites (tertiary alicyclic amines) is 1. The van der Waals surface area contributed by atoms with Gasteiger partial charge in [-0.2, -0.15) is 0 Å². The largest absolute Gasteiger partial charge is 0.393 e. The fourth-order valence-electron chi connectivity index (χ4n) is 3.95. The number of rotatable bonds is 3. The molecule has 2 heterocycles. The number of aromatic nitrogens is 1. The first-order chi connectivity index (χ1) is 9.74. The van der Waals surface area contributed by atoms with E-state index in [1.165, 1.54) is 37.7 Å². The predicted molar refractivity (Wildman–Crippen MR) is 80.0 cm³/mol. The van der Waals surface area contributed by atoms with Crippen molar-refractivity contribution in [2.45, 2.75) is 57.2 Å². The number of nitrogens with two attached hydrogens (primary N) is 1. The van der Waals surface area contributed by atoms with Gasteiger partial charge in [-0.1, -0.05) is 12.8 Å². The molecule has 1 aromatic heterocycles. The summed E-state index contributed by atoms with van der Waals surface area (Å²) in [6.45, 7) is 2.07. The Morgan fingerprint density at radius 2 is 2.10 bits per heavy atom. The zero-order valence-electron chi connectivity index (χ0n) is 12.0. The fourth-order valence-corrected chi connectivity index (χ4v) is 3.95. The molecular formula is C16H25N3O. The van der Waals surface area contributed by atoms with Gasteiger partial charge in [-0.25, -0.2) is 4.98 Å². The Hall–Kier alpha value is -1.13. The number of pyridine rings is 1. The topological polar surface area (TPSA) is 62.4 Å². The third-order valence-corrected chi connectivity index (χ3v) is 4.92. The van der Waals surface area contributed by atoms with Crippen LogP contribution in [0.25, 0.3) is 0 Å². The van der Waals surface area contributed by atoms with E-state index >= 15 is 0 Å². The van der Waals surface area contributed by atoms with E-state index in [4.69, 9.17) is 5.73 Å². The number of aliphatic hydroxyl groups excluding tert-OH is 1. The molecule has 0 aromatic carbocycles. The molecule has 4 nitrogen and oxygen atoms in total. The van der Waals surface area contributed by atoms with Gasteiger partial charge in [-0.05, 0) is 49.9 Å². The highest BCUT2D eigenvalue weighted by Gasteiger charge is 2.36. The molecule has 0 amide bonds. The third kappa shape index (κ3) is 2.96. The number of anilines is 1. The average Bonchev–Trinajstić information content (AvgIpc) is 2.87. The van der Waals surface area contributed by atoms with Crippen LogP contribution in [0, 0.1) is 5.92 Å². The summed E-state index contributed by atoms with van der Waals surface area (Å²) in [5, 5.41) is 10.3. The Balaban J connectivity index is 1.69. The zero-order chi connectivity index (χ0) is 13.9. The second kappa shape index (κ2) is 6.10. The quantitative estimate of drug-likeness (QED) is 0.887. The Morgan fingerprint density at radius 1 is 1.25 bits per heavy atom. The van der Waals surface area contributed by atoms with Crippen LogP contribution in [-0.2, 0) is 6.54 Å². The average molecular weight is 275 g/mol. The van der Waals surface area contributed by atoms with Crippen LogP contribution in [-0.4, -0.2) is 33.7 Å². The molecule has 3 unspecified atom stereocenters. The van der Waals surface area contributed by atoms with Crippen LogP contribution in [0.2, 0.25) is 0 Å². The second-order valence-electron chi connectivity index (χ2n) is 6.28. The Morgan fingerprint density at radius 3 is 2.90 bits per heavy atom. The number of hydrogen-bond acceptors (Lipinski definition) is 4. The van der Waals surface area contributed by atoms with E-state index in [1.54, 1.807) is 6.20 Å². The van der Waals surface area contributed by atoms with Crippen molar-refractivity contribution in [3.05, 3.63) is 23.9 Å². The van der Waals surface area contributed by atoms with Gasteiger partial charge in [0, 0.05) is 24.7 Å². The maximum absolute atomic E-state index is 10.3. The summed E-state index contributed by atoms with van der Waals surface area (Å²) >= 11 is 0. The van der Waals surface area contributed by atoms with Crippen molar-refractivity contribution in [1.82, 2.24) is 9.88 Å². The summed E-state index contributed by atoms with van der Waals surface area (Å²) in [6.07, 6.45) is 8.77. The molecule has 1 aromatic rings. The molecule has 2 fully saturated rings. The van der Waals surface area contributed by atoms with Gasteiger partial charge in [-0.3, -0.25) is 4.90 Å². The number of nitrogens with zero attached hydrogens (tertiary/aromatic N) is 2. The molecule has 0 bridgehead atoms. The maximum atomic E-state index is 10.3. The first-order valence-corrected chi connectivity index (χ1v) is 7.86. The number of aliphatic hydroxyl groups is 1. The molecular weight excluding hydrogens is 250 g/mol. The molecule has 0 spiro atoms. The van der Waals surface area contributed by atoms with Crippen LogP contribution in [0.4, 0.5) is 5.82 Å². The van der Waals surface area contributed by atoms with Gasteiger partial charge in [0.2, 0.25) is 0 Å². The Kier molecular flexibility index (Phi) is 4.22. The normalized spacial score (nSPS) is 31.6. The minimum Gasteiger partial charge on any atom is -0.393 e. The highest BCUT2D eigenvalue weighted by molar-refractivity contribution is 5.31. The zero-order valence-corrected chi connectivity index (χ0v) is 12.0. The van der Waals surface area contributed by atoms with Crippen molar-refractivity contribution >= 4 is 5.82 Å². The summed E-state index contributed by atoms with van der Waals surface area (Å²) in [5.74, 6) is 1.06. The minimum absolute atomic E-state index is 0.100. The standard InChI is InChI=1S/C16H25N3O/c17-16-10-12(7-8-18-16)11-19-9-3-5-14(19)13-4-1-2-6-15(13)20/h7-8,10,13-15,20H,1-6,9,11H2,(H2,17,18). The van der Waals surface area contributed by atoms with Crippen LogP contribution in [0.5, 0.6) is 0 Å². The third-order valence-electron chi connectivity index (χ3n) is 4.92. The molecule has 1 saturated heterocycles. The Bertz CT molecular complexity index is 451. The summed E-state index contributed by atoms with van der Waals surface area (Å²) in [6, 6.07) is 4.55. The van der Waals surface area contributed by atoms with E-state index in [0.29, 0.717) is 17.8 Å². The van der Waals surface area contributed by atoms with E-state index in [2.05, 4.69) is 9.88 Å². The van der Waals surface area contributed by atoms with Crippen LogP contribution < -0.4 is 5.73 Å². The van der Waals surface area contributed by atoms with Crippen molar-refractivity contribution in [1.29, 1.82) is 0 Å². The molecule has 1 aliphatic carbocycles. The number of hydrogen-bond donors (Lipinski definition) is 2. The second-order valence-corrected chi connectivity index (χ2v) is 6.28. The summed E-state index contributed by atoms with van der Waals surface area (Å²) in [5.41, 5.74) is 6.99. The van der Waals surface area contributed by atoms with E-state index in [9.17, 15) is 5.11 Å². The molecule has 2 aliphatic rings. The Labute approximate surface area is 121 Å². The van der Waals surface area contributed by atoms with Crippen molar-refractivity contribution in [3.8, 4) is 0 Å². The van der Waals surface area contributed by atoms with Gasteiger partial charge in [0.1, 0.15) is 5.82 Å². The SMILES string of the molecule is Nc1cc(CN2CCCC2C2CCCCC2O)ccn1. The molecule has 4 heteroatoms. The van der Waals surface area contributed by atoms with Gasteiger partial charge in [-0.15, -0.1) is 0 Å². The molecule has 110 valence electrons. The minimum atomic E-state index is -0.100. The lowest BCUT2D eigenvalue weighted by Gasteiger charge is -2.37. The van der Waals surface area contributed by atoms with Crippen LogP contribution in [0.15, 0.2) is 18.3 Å². The fraction of sp³-hybridized carbons (Fsp3) is 0.688. The summed E-state index contributed by atoms with van der Waals surface area (Å²) < 4.78 is 0. The van der Waals surface area contributed by atoms with E-state index in [0.717, 1.165) is 19.5 Å². The highest BCUT2D eigenvalue weighted by atomic mass is 16.3. The first-order valence-electron chi connectivity index (χ1n) is 7.86. The summed E-state index contributed by atoms with van der Waals surface area (Å²) in [4.78, 5) is 6.59. The van der Waals surface area contributed by atoms with Gasteiger partial charge >= 0.3 is 0 Å². The molecule has 20 heavy (non-hydrogen) atoms. The van der Waals surface area contributed by atoms with Gasteiger partial charge in [0.05, 0.1) is 6.10 Å². The molecule has 1 saturated carbocycles.